The molecule has 3 aliphatic heterocycles. The highest BCUT2D eigenvalue weighted by Gasteiger charge is 2.75. The van der Waals surface area contributed by atoms with Gasteiger partial charge in [-0.05, 0) is 43.5 Å². The number of aliphatic hydroxyl groups is 1. The molecule has 2 unspecified atom stereocenters. The predicted molar refractivity (Wildman–Crippen MR) is 128 cm³/mol. The van der Waals surface area contributed by atoms with E-state index in [1.165, 1.54) is 11.0 Å². The van der Waals surface area contributed by atoms with Gasteiger partial charge in [0.15, 0.2) is 0 Å². The molecule has 3 fully saturated rings. The lowest BCUT2D eigenvalue weighted by Crippen LogP contribution is -2.56. The van der Waals surface area contributed by atoms with Crippen molar-refractivity contribution < 1.29 is 33.7 Å². The zero-order valence-electron chi connectivity index (χ0n) is 19.9. The van der Waals surface area contributed by atoms with Gasteiger partial charge in [-0.25, -0.2) is 0 Å². The van der Waals surface area contributed by atoms with Crippen LogP contribution in [0.5, 0.6) is 5.75 Å². The van der Waals surface area contributed by atoms with Crippen LogP contribution in [0.1, 0.15) is 19.3 Å². The third-order valence-electron chi connectivity index (χ3n) is 7.17. The monoisotopic (exact) mass is 484 g/mol. The van der Waals surface area contributed by atoms with Crippen molar-refractivity contribution in [2.75, 3.05) is 38.3 Å². The van der Waals surface area contributed by atoms with Crippen LogP contribution >= 0.6 is 0 Å². The number of nitrogens with zero attached hydrogens (tertiary/aromatic N) is 2. The van der Waals surface area contributed by atoms with Crippen molar-refractivity contribution in [3.63, 3.8) is 0 Å². The van der Waals surface area contributed by atoms with E-state index in [2.05, 4.69) is 13.2 Å². The van der Waals surface area contributed by atoms with Gasteiger partial charge >= 0.3 is 5.97 Å². The maximum Gasteiger partial charge on any atom is 0.312 e. The van der Waals surface area contributed by atoms with E-state index < -0.39 is 35.6 Å². The van der Waals surface area contributed by atoms with Gasteiger partial charge in [-0.3, -0.25) is 14.4 Å². The Kier molecular flexibility index (Phi) is 7.28. The molecular weight excluding hydrogens is 452 g/mol. The Morgan fingerprint density at radius 2 is 2.03 bits per heavy atom. The van der Waals surface area contributed by atoms with Crippen molar-refractivity contribution >= 4 is 23.5 Å². The van der Waals surface area contributed by atoms with Gasteiger partial charge in [0.1, 0.15) is 24.0 Å². The fourth-order valence-corrected chi connectivity index (χ4v) is 5.78. The summed E-state index contributed by atoms with van der Waals surface area (Å²) in [5, 5.41) is 9.46. The van der Waals surface area contributed by atoms with Crippen molar-refractivity contribution in [1.82, 2.24) is 4.90 Å². The molecule has 0 aliphatic carbocycles. The number of likely N-dealkylation sites (tertiary alicyclic amines) is 1. The van der Waals surface area contributed by atoms with E-state index in [0.717, 1.165) is 0 Å². The molecule has 188 valence electrons. The summed E-state index contributed by atoms with van der Waals surface area (Å²) in [6.45, 7) is 7.67. The summed E-state index contributed by atoms with van der Waals surface area (Å²) in [5.41, 5.74) is -0.502. The third-order valence-corrected chi connectivity index (χ3v) is 7.17. The van der Waals surface area contributed by atoms with E-state index in [-0.39, 0.29) is 38.1 Å². The van der Waals surface area contributed by atoms with Gasteiger partial charge in [-0.1, -0.05) is 18.7 Å². The second kappa shape index (κ2) is 10.2. The van der Waals surface area contributed by atoms with Crippen LogP contribution in [0.4, 0.5) is 5.69 Å². The highest BCUT2D eigenvalue weighted by Crippen LogP contribution is 2.58. The van der Waals surface area contributed by atoms with E-state index in [0.29, 0.717) is 30.7 Å². The molecule has 0 radical (unpaired) electrons. The number of amides is 2. The van der Waals surface area contributed by atoms with Crippen LogP contribution in [-0.2, 0) is 23.9 Å². The molecule has 5 atom stereocenters. The Morgan fingerprint density at radius 1 is 1.29 bits per heavy atom. The van der Waals surface area contributed by atoms with E-state index in [1.54, 1.807) is 42.4 Å². The number of ether oxygens (including phenoxy) is 3. The number of hydrogen-bond donors (Lipinski definition) is 1. The minimum atomic E-state index is -1.13. The van der Waals surface area contributed by atoms with Crippen molar-refractivity contribution in [3.05, 3.63) is 49.6 Å². The fourth-order valence-electron chi connectivity index (χ4n) is 5.78. The lowest BCUT2D eigenvalue weighted by molar-refractivity contribution is -0.154. The average Bonchev–Trinajstić information content (AvgIpc) is 3.51. The van der Waals surface area contributed by atoms with Gasteiger partial charge in [0.2, 0.25) is 5.91 Å². The van der Waals surface area contributed by atoms with Crippen molar-refractivity contribution in [3.8, 4) is 5.75 Å². The van der Waals surface area contributed by atoms with Gasteiger partial charge in [0, 0.05) is 25.4 Å². The predicted octanol–water partition coefficient (Wildman–Crippen LogP) is 1.70. The zero-order valence-corrected chi connectivity index (χ0v) is 19.9. The van der Waals surface area contributed by atoms with Gasteiger partial charge in [0.05, 0.1) is 25.0 Å². The fraction of sp³-hybridized carbons (Fsp3) is 0.500. The number of benzene rings is 1. The normalized spacial score (nSPS) is 28.5. The maximum absolute atomic E-state index is 14.2. The Labute approximate surface area is 204 Å². The quantitative estimate of drug-likeness (QED) is 0.376. The highest BCUT2D eigenvalue weighted by atomic mass is 16.6. The smallest absolute Gasteiger partial charge is 0.312 e. The van der Waals surface area contributed by atoms with Crippen LogP contribution < -0.4 is 9.64 Å². The second-order valence-electron chi connectivity index (χ2n) is 9.02. The first-order valence-electron chi connectivity index (χ1n) is 11.9. The molecule has 2 amide bonds. The summed E-state index contributed by atoms with van der Waals surface area (Å²) < 4.78 is 16.9. The molecule has 3 saturated heterocycles. The molecule has 0 aromatic heterocycles. The van der Waals surface area contributed by atoms with Gasteiger partial charge in [-0.2, -0.15) is 0 Å². The number of hydrogen-bond acceptors (Lipinski definition) is 7. The largest absolute Gasteiger partial charge is 0.497 e. The summed E-state index contributed by atoms with van der Waals surface area (Å²) >= 11 is 0. The van der Waals surface area contributed by atoms with Crippen LogP contribution in [0, 0.1) is 11.8 Å². The zero-order chi connectivity index (χ0) is 25.2. The van der Waals surface area contributed by atoms with Crippen molar-refractivity contribution in [2.24, 2.45) is 11.8 Å². The number of fused-ring (bicyclic) bond motifs is 1. The molecule has 35 heavy (non-hydrogen) atoms. The SMILES string of the molecule is C=CCOC(=O)[C@@H]1[C@@H]2CCC3(O2)C(C(=O)N(CC=C)c2ccc(OC)cc2)N(CCCO)C(=O)[C@H]13. The first-order chi connectivity index (χ1) is 16.9. The van der Waals surface area contributed by atoms with Gasteiger partial charge in [0.25, 0.3) is 5.91 Å². The number of anilines is 1. The van der Waals surface area contributed by atoms with Crippen molar-refractivity contribution in [2.45, 2.75) is 37.0 Å². The Bertz CT molecular complexity index is 994. The van der Waals surface area contributed by atoms with E-state index in [9.17, 15) is 19.5 Å². The Hall–Kier alpha value is -3.17. The minimum absolute atomic E-state index is 0.0388. The Balaban J connectivity index is 1.72. The Morgan fingerprint density at radius 3 is 2.66 bits per heavy atom. The van der Waals surface area contributed by atoms with Crippen LogP contribution in [0.15, 0.2) is 49.6 Å². The number of carbonyl (C=O) groups is 3. The summed E-state index contributed by atoms with van der Waals surface area (Å²) in [6.07, 6.45) is 3.95. The summed E-state index contributed by atoms with van der Waals surface area (Å²) in [6, 6.07) is 6.12. The molecule has 9 nitrogen and oxygen atoms in total. The first-order valence-corrected chi connectivity index (χ1v) is 11.9. The average molecular weight is 485 g/mol. The van der Waals surface area contributed by atoms with Crippen LogP contribution in [0.3, 0.4) is 0 Å². The number of aliphatic hydroxyl groups excluding tert-OH is 1. The summed E-state index contributed by atoms with van der Waals surface area (Å²) in [5.74, 6) is -2.08. The molecule has 3 aliphatic rings. The third kappa shape index (κ3) is 4.12. The van der Waals surface area contributed by atoms with Crippen molar-refractivity contribution in [1.29, 1.82) is 0 Å². The lowest BCUT2D eigenvalue weighted by Gasteiger charge is -2.36. The molecule has 1 spiro atoms. The van der Waals surface area contributed by atoms with E-state index >= 15 is 0 Å². The molecular formula is C26H32N2O7. The molecule has 9 heteroatoms. The van der Waals surface area contributed by atoms with E-state index in [1.807, 2.05) is 0 Å². The second-order valence-corrected chi connectivity index (χ2v) is 9.02. The first kappa shape index (κ1) is 24.9. The van der Waals surface area contributed by atoms with Gasteiger partial charge in [-0.15, -0.1) is 6.58 Å². The number of esters is 1. The number of carbonyl (C=O) groups excluding carboxylic acids is 3. The summed E-state index contributed by atoms with van der Waals surface area (Å²) in [4.78, 5) is 43.8. The van der Waals surface area contributed by atoms with Crippen LogP contribution in [0.25, 0.3) is 0 Å². The lowest BCUT2D eigenvalue weighted by atomic mass is 9.70. The molecule has 0 saturated carbocycles. The number of methoxy groups -OCH3 is 1. The topological polar surface area (TPSA) is 106 Å². The van der Waals surface area contributed by atoms with Gasteiger partial charge < -0.3 is 29.1 Å². The van der Waals surface area contributed by atoms with E-state index in [4.69, 9.17) is 14.2 Å². The maximum atomic E-state index is 14.2. The minimum Gasteiger partial charge on any atom is -0.497 e. The molecule has 2 bridgehead atoms. The number of rotatable bonds is 11. The standard InChI is InChI=1S/C26H32N2O7/c1-4-13-27(17-7-9-18(33-3)10-8-17)24(31)22-26-12-11-19(35-26)20(25(32)34-16-5-2)21(26)23(30)28(22)14-6-15-29/h4-5,7-10,19-22,29H,1-2,6,11-16H2,3H3/t19-,20+,21-,22?,26?/m0/s1. The molecule has 4 rings (SSSR count). The molecule has 1 N–H and O–H groups in total. The molecule has 1 aromatic carbocycles. The van der Waals surface area contributed by atoms with Crippen LogP contribution in [-0.4, -0.2) is 79.0 Å². The molecule has 3 heterocycles. The molecule has 1 aromatic rings. The summed E-state index contributed by atoms with van der Waals surface area (Å²) in [7, 11) is 1.56. The van der Waals surface area contributed by atoms with Crippen LogP contribution in [0.2, 0.25) is 0 Å². The highest BCUT2D eigenvalue weighted by molar-refractivity contribution is 6.04.